The first-order valence-electron chi connectivity index (χ1n) is 9.64. The first-order chi connectivity index (χ1) is 13.7. The summed E-state index contributed by atoms with van der Waals surface area (Å²) >= 11 is 0. The molecule has 1 heterocycles. The van der Waals surface area contributed by atoms with E-state index in [1.165, 1.54) is 6.07 Å². The molecular weight excluding hydrogens is 353 g/mol. The van der Waals surface area contributed by atoms with Crippen molar-refractivity contribution in [2.24, 2.45) is 0 Å². The summed E-state index contributed by atoms with van der Waals surface area (Å²) in [5.41, 5.74) is 1.84. The molecule has 0 unspecified atom stereocenters. The van der Waals surface area contributed by atoms with Crippen LogP contribution >= 0.6 is 0 Å². The van der Waals surface area contributed by atoms with E-state index in [9.17, 15) is 9.18 Å². The monoisotopic (exact) mass is 377 g/mol. The van der Waals surface area contributed by atoms with Crippen LogP contribution in [0.25, 0.3) is 10.8 Å². The lowest BCUT2D eigenvalue weighted by atomic mass is 10.1. The van der Waals surface area contributed by atoms with Crippen molar-refractivity contribution in [1.29, 1.82) is 0 Å². The van der Waals surface area contributed by atoms with Crippen molar-refractivity contribution in [1.82, 2.24) is 9.80 Å². The summed E-state index contributed by atoms with van der Waals surface area (Å²) in [5.74, 6) is -0.184. The summed E-state index contributed by atoms with van der Waals surface area (Å²) < 4.78 is 13.3. The van der Waals surface area contributed by atoms with Crippen LogP contribution in [0, 0.1) is 5.82 Å². The van der Waals surface area contributed by atoms with E-state index in [0.717, 1.165) is 54.7 Å². The quantitative estimate of drug-likeness (QED) is 0.736. The molecule has 4 nitrogen and oxygen atoms in total. The van der Waals surface area contributed by atoms with Gasteiger partial charge in [0.05, 0.1) is 6.54 Å². The Balaban J connectivity index is 1.29. The van der Waals surface area contributed by atoms with E-state index in [-0.39, 0.29) is 11.7 Å². The second-order valence-corrected chi connectivity index (χ2v) is 7.26. The fourth-order valence-electron chi connectivity index (χ4n) is 3.73. The minimum atomic E-state index is -0.193. The molecule has 1 fully saturated rings. The van der Waals surface area contributed by atoms with Gasteiger partial charge in [0.1, 0.15) is 5.82 Å². The topological polar surface area (TPSA) is 35.6 Å². The van der Waals surface area contributed by atoms with Crippen molar-refractivity contribution < 1.29 is 9.18 Å². The minimum absolute atomic E-state index is 0.00920. The third-order valence-corrected chi connectivity index (χ3v) is 5.19. The van der Waals surface area contributed by atoms with E-state index in [0.29, 0.717) is 6.54 Å². The Morgan fingerprint density at radius 2 is 1.61 bits per heavy atom. The normalized spacial score (nSPS) is 15.6. The zero-order chi connectivity index (χ0) is 19.3. The van der Waals surface area contributed by atoms with E-state index in [4.69, 9.17) is 0 Å². The van der Waals surface area contributed by atoms with E-state index in [1.54, 1.807) is 12.1 Å². The number of anilines is 1. The van der Waals surface area contributed by atoms with Crippen LogP contribution < -0.4 is 5.32 Å². The molecule has 5 heteroatoms. The Bertz CT molecular complexity index is 961. The number of nitrogens with zero attached hydrogens (tertiary/aromatic N) is 2. The number of amides is 1. The van der Waals surface area contributed by atoms with Gasteiger partial charge in [-0.3, -0.25) is 14.6 Å². The maximum Gasteiger partial charge on any atom is 0.238 e. The fourth-order valence-corrected chi connectivity index (χ4v) is 3.73. The van der Waals surface area contributed by atoms with Crippen molar-refractivity contribution in [3.63, 3.8) is 0 Å². The van der Waals surface area contributed by atoms with Gasteiger partial charge in [-0.1, -0.05) is 48.5 Å². The van der Waals surface area contributed by atoms with E-state index < -0.39 is 0 Å². The molecule has 3 aromatic rings. The van der Waals surface area contributed by atoms with Gasteiger partial charge >= 0.3 is 0 Å². The molecular formula is C23H24FN3O. The molecule has 0 atom stereocenters. The molecule has 1 saturated heterocycles. The number of benzene rings is 3. The molecule has 28 heavy (non-hydrogen) atoms. The van der Waals surface area contributed by atoms with Crippen LogP contribution in [-0.2, 0) is 11.3 Å². The zero-order valence-corrected chi connectivity index (χ0v) is 15.8. The molecule has 0 aliphatic carbocycles. The average molecular weight is 377 g/mol. The molecule has 1 aliphatic rings. The highest BCUT2D eigenvalue weighted by molar-refractivity contribution is 6.02. The van der Waals surface area contributed by atoms with Gasteiger partial charge in [0.2, 0.25) is 5.91 Å². The summed E-state index contributed by atoms with van der Waals surface area (Å²) in [4.78, 5) is 17.0. The van der Waals surface area contributed by atoms with Crippen LogP contribution in [0.5, 0.6) is 0 Å². The van der Waals surface area contributed by atoms with Gasteiger partial charge in [0, 0.05) is 43.8 Å². The maximum atomic E-state index is 13.3. The van der Waals surface area contributed by atoms with Crippen LogP contribution in [0.1, 0.15) is 5.56 Å². The third kappa shape index (κ3) is 4.55. The molecule has 0 aromatic heterocycles. The van der Waals surface area contributed by atoms with Crippen LogP contribution in [-0.4, -0.2) is 48.4 Å². The number of hydrogen-bond acceptors (Lipinski definition) is 3. The van der Waals surface area contributed by atoms with Crippen LogP contribution in [0.2, 0.25) is 0 Å². The number of rotatable bonds is 5. The third-order valence-electron chi connectivity index (χ3n) is 5.19. The average Bonchev–Trinajstić information content (AvgIpc) is 2.70. The summed E-state index contributed by atoms with van der Waals surface area (Å²) in [5, 5.41) is 5.22. The predicted octanol–water partition coefficient (Wildman–Crippen LogP) is 3.74. The maximum absolute atomic E-state index is 13.3. The molecule has 4 rings (SSSR count). The Morgan fingerprint density at radius 3 is 2.43 bits per heavy atom. The molecule has 0 spiro atoms. The number of carbonyl (C=O) groups is 1. The highest BCUT2D eigenvalue weighted by Crippen LogP contribution is 2.23. The van der Waals surface area contributed by atoms with Crippen molar-refractivity contribution in [2.45, 2.75) is 6.54 Å². The Hall–Kier alpha value is -2.76. The molecule has 1 N–H and O–H groups in total. The minimum Gasteiger partial charge on any atom is -0.324 e. The van der Waals surface area contributed by atoms with Gasteiger partial charge in [0.25, 0.3) is 0 Å². The Morgan fingerprint density at radius 1 is 0.893 bits per heavy atom. The number of piperazine rings is 1. The van der Waals surface area contributed by atoms with Crippen molar-refractivity contribution in [3.05, 3.63) is 78.1 Å². The largest absolute Gasteiger partial charge is 0.324 e. The number of carbonyl (C=O) groups excluding carboxylic acids is 1. The summed E-state index contributed by atoms with van der Waals surface area (Å²) in [6.07, 6.45) is 0. The van der Waals surface area contributed by atoms with E-state index >= 15 is 0 Å². The molecule has 0 radical (unpaired) electrons. The lowest BCUT2D eigenvalue weighted by Crippen LogP contribution is -2.48. The zero-order valence-electron chi connectivity index (χ0n) is 15.8. The molecule has 0 bridgehead atoms. The number of hydrogen-bond donors (Lipinski definition) is 1. The van der Waals surface area contributed by atoms with Crippen molar-refractivity contribution >= 4 is 22.4 Å². The standard InChI is InChI=1S/C23H24FN3O/c24-20-8-3-5-18(15-20)16-26-11-13-27(14-12-26)17-23(28)25-22-10-4-7-19-6-1-2-9-21(19)22/h1-10,15H,11-14,16-17H2,(H,25,28). The number of nitrogens with one attached hydrogen (secondary N) is 1. The lowest BCUT2D eigenvalue weighted by molar-refractivity contribution is -0.117. The highest BCUT2D eigenvalue weighted by Gasteiger charge is 2.19. The van der Waals surface area contributed by atoms with Crippen LogP contribution in [0.3, 0.4) is 0 Å². The van der Waals surface area contributed by atoms with E-state index in [1.807, 2.05) is 48.5 Å². The SMILES string of the molecule is O=C(CN1CCN(Cc2cccc(F)c2)CC1)Nc1cccc2ccccc12. The first kappa shape index (κ1) is 18.6. The molecule has 3 aromatic carbocycles. The van der Waals surface area contributed by atoms with Gasteiger partial charge in [0.15, 0.2) is 0 Å². The summed E-state index contributed by atoms with van der Waals surface area (Å²) in [7, 11) is 0. The van der Waals surface area contributed by atoms with Crippen LogP contribution in [0.15, 0.2) is 66.7 Å². The van der Waals surface area contributed by atoms with Gasteiger partial charge in [-0.15, -0.1) is 0 Å². The number of fused-ring (bicyclic) bond motifs is 1. The summed E-state index contributed by atoms with van der Waals surface area (Å²) in [6, 6.07) is 20.8. The lowest BCUT2D eigenvalue weighted by Gasteiger charge is -2.34. The van der Waals surface area contributed by atoms with Gasteiger partial charge in [-0.2, -0.15) is 0 Å². The molecule has 144 valence electrons. The van der Waals surface area contributed by atoms with E-state index in [2.05, 4.69) is 15.1 Å². The van der Waals surface area contributed by atoms with Gasteiger partial charge in [-0.25, -0.2) is 4.39 Å². The summed E-state index contributed by atoms with van der Waals surface area (Å²) in [6.45, 7) is 4.54. The first-order valence-corrected chi connectivity index (χ1v) is 9.64. The van der Waals surface area contributed by atoms with Crippen molar-refractivity contribution in [2.75, 3.05) is 38.0 Å². The van der Waals surface area contributed by atoms with Crippen molar-refractivity contribution in [3.8, 4) is 0 Å². The predicted molar refractivity (Wildman–Crippen MR) is 111 cm³/mol. The molecule has 1 aliphatic heterocycles. The number of halogens is 1. The fraction of sp³-hybridized carbons (Fsp3) is 0.261. The second kappa shape index (κ2) is 8.50. The van der Waals surface area contributed by atoms with Crippen LogP contribution in [0.4, 0.5) is 10.1 Å². The highest BCUT2D eigenvalue weighted by atomic mass is 19.1. The Kier molecular flexibility index (Phi) is 5.65. The molecule has 1 amide bonds. The Labute approximate surface area is 164 Å². The second-order valence-electron chi connectivity index (χ2n) is 7.26. The molecule has 0 saturated carbocycles. The smallest absolute Gasteiger partial charge is 0.238 e. The van der Waals surface area contributed by atoms with Gasteiger partial charge < -0.3 is 5.32 Å². The van der Waals surface area contributed by atoms with Gasteiger partial charge in [-0.05, 0) is 29.1 Å².